The van der Waals surface area contributed by atoms with Crippen molar-refractivity contribution in [2.24, 2.45) is 0 Å². The Morgan fingerprint density at radius 3 is 2.57 bits per heavy atom. The monoisotopic (exact) mass is 211 g/mol. The van der Waals surface area contributed by atoms with Crippen molar-refractivity contribution in [2.45, 2.75) is 31.3 Å². The summed E-state index contributed by atoms with van der Waals surface area (Å²) >= 11 is 5.89. The maximum Gasteiger partial charge on any atom is 0.0916 e. The van der Waals surface area contributed by atoms with Gasteiger partial charge in [0.05, 0.1) is 5.60 Å². The zero-order valence-corrected chi connectivity index (χ0v) is 8.72. The van der Waals surface area contributed by atoms with Crippen molar-refractivity contribution in [1.29, 1.82) is 0 Å². The molecule has 1 fully saturated rings. The Kier molecular flexibility index (Phi) is 2.41. The zero-order chi connectivity index (χ0) is 10.2. The summed E-state index contributed by atoms with van der Waals surface area (Å²) in [5.74, 6) is 0. The summed E-state index contributed by atoms with van der Waals surface area (Å²) in [6.45, 7) is 0. The molecule has 1 saturated carbocycles. The van der Waals surface area contributed by atoms with Crippen LogP contribution in [-0.2, 0) is 5.60 Å². The Bertz CT molecular complexity index is 345. The molecule has 14 heavy (non-hydrogen) atoms. The Hall–Kier alpha value is -0.730. The van der Waals surface area contributed by atoms with Crippen LogP contribution in [0.4, 0.5) is 5.69 Å². The predicted octanol–water partition coefficient (Wildman–Crippen LogP) is 2.68. The lowest BCUT2D eigenvalue weighted by molar-refractivity contribution is 0.0452. The highest BCUT2D eigenvalue weighted by Gasteiger charge is 2.34. The first-order chi connectivity index (χ1) is 6.62. The summed E-state index contributed by atoms with van der Waals surface area (Å²) in [6, 6.07) is 5.29. The molecular weight excluding hydrogens is 198 g/mol. The standard InChI is InChI=1S/C11H14ClNO/c12-8-3-4-10(13)9(7-8)11(14)5-1-2-6-11/h3-4,7,14H,1-2,5-6,13H2. The number of benzene rings is 1. The Labute approximate surface area is 88.7 Å². The molecule has 0 unspecified atom stereocenters. The molecule has 0 aliphatic heterocycles. The lowest BCUT2D eigenvalue weighted by Gasteiger charge is -2.24. The molecule has 2 rings (SSSR count). The van der Waals surface area contributed by atoms with Crippen molar-refractivity contribution >= 4 is 17.3 Å². The van der Waals surface area contributed by atoms with Gasteiger partial charge in [-0.3, -0.25) is 0 Å². The number of halogens is 1. The Balaban J connectivity index is 2.44. The predicted molar refractivity (Wildman–Crippen MR) is 58.2 cm³/mol. The molecule has 1 aliphatic carbocycles. The molecule has 2 nitrogen and oxygen atoms in total. The number of nitrogen functional groups attached to an aromatic ring is 1. The Morgan fingerprint density at radius 2 is 1.93 bits per heavy atom. The third-order valence-electron chi connectivity index (χ3n) is 2.95. The lowest BCUT2D eigenvalue weighted by Crippen LogP contribution is -2.22. The van der Waals surface area contributed by atoms with Gasteiger partial charge in [0.15, 0.2) is 0 Å². The first kappa shape index (κ1) is 9.81. The molecule has 0 heterocycles. The van der Waals surface area contributed by atoms with E-state index in [1.165, 1.54) is 0 Å². The summed E-state index contributed by atoms with van der Waals surface area (Å²) in [5, 5.41) is 11.0. The first-order valence-electron chi connectivity index (χ1n) is 4.90. The third kappa shape index (κ3) is 1.60. The van der Waals surface area contributed by atoms with E-state index in [1.54, 1.807) is 18.2 Å². The van der Waals surface area contributed by atoms with Crippen molar-refractivity contribution in [2.75, 3.05) is 5.73 Å². The van der Waals surface area contributed by atoms with Gasteiger partial charge in [-0.2, -0.15) is 0 Å². The molecule has 1 aromatic carbocycles. The van der Waals surface area contributed by atoms with Gasteiger partial charge >= 0.3 is 0 Å². The molecule has 0 aromatic heterocycles. The van der Waals surface area contributed by atoms with Gasteiger partial charge in [0.1, 0.15) is 0 Å². The van der Waals surface area contributed by atoms with Crippen LogP contribution < -0.4 is 5.73 Å². The molecule has 0 atom stereocenters. The third-order valence-corrected chi connectivity index (χ3v) is 3.18. The van der Waals surface area contributed by atoms with Gasteiger partial charge in [0, 0.05) is 16.3 Å². The second kappa shape index (κ2) is 3.44. The van der Waals surface area contributed by atoms with Gasteiger partial charge in [-0.15, -0.1) is 0 Å². The molecule has 1 aliphatic rings. The van der Waals surface area contributed by atoms with Crippen molar-refractivity contribution in [3.05, 3.63) is 28.8 Å². The summed E-state index contributed by atoms with van der Waals surface area (Å²) in [6.07, 6.45) is 3.69. The molecule has 0 radical (unpaired) electrons. The lowest BCUT2D eigenvalue weighted by atomic mass is 9.91. The van der Waals surface area contributed by atoms with Crippen LogP contribution in [0.2, 0.25) is 5.02 Å². The highest BCUT2D eigenvalue weighted by molar-refractivity contribution is 6.30. The van der Waals surface area contributed by atoms with Crippen LogP contribution in [0.1, 0.15) is 31.2 Å². The molecule has 0 bridgehead atoms. The van der Waals surface area contributed by atoms with E-state index >= 15 is 0 Å². The van der Waals surface area contributed by atoms with E-state index in [0.717, 1.165) is 31.2 Å². The van der Waals surface area contributed by atoms with Gasteiger partial charge < -0.3 is 10.8 Å². The fourth-order valence-corrected chi connectivity index (χ4v) is 2.33. The number of anilines is 1. The minimum atomic E-state index is -0.741. The van der Waals surface area contributed by atoms with Crippen LogP contribution in [0.3, 0.4) is 0 Å². The van der Waals surface area contributed by atoms with Crippen LogP contribution in [0, 0.1) is 0 Å². The highest BCUT2D eigenvalue weighted by atomic mass is 35.5. The van der Waals surface area contributed by atoms with E-state index in [0.29, 0.717) is 10.7 Å². The fraction of sp³-hybridized carbons (Fsp3) is 0.455. The van der Waals surface area contributed by atoms with E-state index in [2.05, 4.69) is 0 Å². The van der Waals surface area contributed by atoms with Gasteiger partial charge in [0.25, 0.3) is 0 Å². The molecule has 3 heteroatoms. The van der Waals surface area contributed by atoms with Gasteiger partial charge in [-0.25, -0.2) is 0 Å². The number of aliphatic hydroxyl groups is 1. The smallest absolute Gasteiger partial charge is 0.0916 e. The average molecular weight is 212 g/mol. The van der Waals surface area contributed by atoms with Crippen molar-refractivity contribution < 1.29 is 5.11 Å². The van der Waals surface area contributed by atoms with Gasteiger partial charge in [-0.05, 0) is 31.0 Å². The highest BCUT2D eigenvalue weighted by Crippen LogP contribution is 2.41. The molecular formula is C11H14ClNO. The van der Waals surface area contributed by atoms with Crippen molar-refractivity contribution in [3.63, 3.8) is 0 Å². The van der Waals surface area contributed by atoms with E-state index in [9.17, 15) is 5.11 Å². The molecule has 3 N–H and O–H groups in total. The number of rotatable bonds is 1. The molecule has 0 amide bonds. The maximum atomic E-state index is 10.3. The second-order valence-corrected chi connectivity index (χ2v) is 4.41. The minimum absolute atomic E-state index is 0.634. The van der Waals surface area contributed by atoms with E-state index in [-0.39, 0.29) is 0 Å². The normalized spacial score (nSPS) is 19.9. The summed E-state index contributed by atoms with van der Waals surface area (Å²) in [7, 11) is 0. The second-order valence-electron chi connectivity index (χ2n) is 3.97. The van der Waals surface area contributed by atoms with Gasteiger partial charge in [-0.1, -0.05) is 24.4 Å². The van der Waals surface area contributed by atoms with Crippen LogP contribution >= 0.6 is 11.6 Å². The van der Waals surface area contributed by atoms with Crippen LogP contribution in [0.25, 0.3) is 0 Å². The zero-order valence-electron chi connectivity index (χ0n) is 7.96. The van der Waals surface area contributed by atoms with Crippen LogP contribution in [0.15, 0.2) is 18.2 Å². The number of nitrogens with two attached hydrogens (primary N) is 1. The molecule has 76 valence electrons. The fourth-order valence-electron chi connectivity index (χ4n) is 2.16. The average Bonchev–Trinajstić information content (AvgIpc) is 2.58. The van der Waals surface area contributed by atoms with Gasteiger partial charge in [0.2, 0.25) is 0 Å². The molecule has 1 aromatic rings. The van der Waals surface area contributed by atoms with E-state index in [4.69, 9.17) is 17.3 Å². The van der Waals surface area contributed by atoms with E-state index in [1.807, 2.05) is 0 Å². The topological polar surface area (TPSA) is 46.2 Å². The summed E-state index contributed by atoms with van der Waals surface area (Å²) in [5.41, 5.74) is 6.53. The largest absolute Gasteiger partial charge is 0.398 e. The summed E-state index contributed by atoms with van der Waals surface area (Å²) in [4.78, 5) is 0. The quantitative estimate of drug-likeness (QED) is 0.702. The number of hydrogen-bond donors (Lipinski definition) is 2. The maximum absolute atomic E-state index is 10.3. The number of hydrogen-bond acceptors (Lipinski definition) is 2. The van der Waals surface area contributed by atoms with Crippen LogP contribution in [-0.4, -0.2) is 5.11 Å². The Morgan fingerprint density at radius 1 is 1.29 bits per heavy atom. The summed E-state index contributed by atoms with van der Waals surface area (Å²) < 4.78 is 0. The van der Waals surface area contributed by atoms with E-state index < -0.39 is 5.60 Å². The minimum Gasteiger partial charge on any atom is -0.398 e. The van der Waals surface area contributed by atoms with Crippen molar-refractivity contribution in [3.8, 4) is 0 Å². The molecule has 0 saturated heterocycles. The van der Waals surface area contributed by atoms with Crippen molar-refractivity contribution in [1.82, 2.24) is 0 Å². The van der Waals surface area contributed by atoms with Crippen LogP contribution in [0.5, 0.6) is 0 Å². The SMILES string of the molecule is Nc1ccc(Cl)cc1C1(O)CCCC1. The molecule has 0 spiro atoms. The first-order valence-corrected chi connectivity index (χ1v) is 5.27.